The van der Waals surface area contributed by atoms with Crippen LogP contribution in [0.15, 0.2) is 11.8 Å². The van der Waals surface area contributed by atoms with Crippen LogP contribution in [-0.4, -0.2) is 40.3 Å². The summed E-state index contributed by atoms with van der Waals surface area (Å²) in [7, 11) is -1.65. The van der Waals surface area contributed by atoms with E-state index in [4.69, 9.17) is 20.3 Å². The van der Waals surface area contributed by atoms with Gasteiger partial charge in [-0.2, -0.15) is 0 Å². The van der Waals surface area contributed by atoms with E-state index in [1.165, 1.54) is 13.3 Å². The highest BCUT2D eigenvalue weighted by Gasteiger charge is 2.14. The average Bonchev–Trinajstić information content (AvgIpc) is 2.19. The van der Waals surface area contributed by atoms with E-state index in [0.29, 0.717) is 5.76 Å². The molecule has 0 saturated carbocycles. The van der Waals surface area contributed by atoms with Crippen molar-refractivity contribution in [1.82, 2.24) is 0 Å². The van der Waals surface area contributed by atoms with Crippen molar-refractivity contribution in [2.24, 2.45) is 0 Å². The van der Waals surface area contributed by atoms with Gasteiger partial charge in [0.1, 0.15) is 0 Å². The molecule has 0 spiro atoms. The van der Waals surface area contributed by atoms with Crippen LogP contribution in [0.4, 0.5) is 0 Å². The highest BCUT2D eigenvalue weighted by molar-refractivity contribution is 6.33. The molecular weight excluding hydrogens is 199 g/mol. The van der Waals surface area contributed by atoms with Crippen LogP contribution >= 0.6 is 0 Å². The van der Waals surface area contributed by atoms with Crippen LogP contribution in [0.3, 0.4) is 0 Å². The summed E-state index contributed by atoms with van der Waals surface area (Å²) in [5.41, 5.74) is 0. The van der Waals surface area contributed by atoms with Crippen LogP contribution in [0.25, 0.3) is 0 Å². The molecule has 1 aliphatic rings. The molecule has 0 amide bonds. The van der Waals surface area contributed by atoms with Crippen LogP contribution in [0, 0.1) is 0 Å². The first kappa shape index (κ1) is 14.4. The quantitative estimate of drug-likeness (QED) is 0.492. The summed E-state index contributed by atoms with van der Waals surface area (Å²) >= 11 is 0. The topological polar surface area (TPSA) is 90.2 Å². The molecule has 15 heavy (non-hydrogen) atoms. The predicted molar refractivity (Wildman–Crippen MR) is 56.6 cm³/mol. The Morgan fingerprint density at radius 2 is 2.07 bits per heavy atom. The highest BCUT2D eigenvalue weighted by atomic mass is 16.6. The van der Waals surface area contributed by atoms with Crippen LogP contribution < -0.4 is 0 Å². The molecule has 4 N–H and O–H groups in total. The fourth-order valence-corrected chi connectivity index (χ4v) is 1.05. The van der Waals surface area contributed by atoms with E-state index in [0.717, 1.165) is 19.3 Å². The van der Waals surface area contributed by atoms with E-state index in [1.807, 2.05) is 6.08 Å². The van der Waals surface area contributed by atoms with Crippen molar-refractivity contribution in [3.63, 3.8) is 0 Å². The van der Waals surface area contributed by atoms with Gasteiger partial charge >= 0.3 is 7.32 Å². The number of aliphatic hydroxyl groups is 2. The van der Waals surface area contributed by atoms with Crippen LogP contribution in [0.2, 0.25) is 0 Å². The van der Waals surface area contributed by atoms with Gasteiger partial charge in [0, 0.05) is 6.42 Å². The summed E-state index contributed by atoms with van der Waals surface area (Å²) in [4.78, 5) is 0. The molecule has 0 heterocycles. The van der Waals surface area contributed by atoms with E-state index < -0.39 is 13.4 Å². The lowest BCUT2D eigenvalue weighted by Crippen LogP contribution is -2.17. The molecule has 0 fully saturated rings. The van der Waals surface area contributed by atoms with Crippen LogP contribution in [-0.2, 0) is 4.65 Å². The van der Waals surface area contributed by atoms with E-state index in [2.05, 4.69) is 4.65 Å². The Morgan fingerprint density at radius 1 is 1.47 bits per heavy atom. The predicted octanol–water partition coefficient (Wildman–Crippen LogP) is -0.210. The first-order chi connectivity index (χ1) is 7.06. The molecule has 1 aliphatic carbocycles. The smallest absolute Gasteiger partial charge is 0.516 e. The maximum Gasteiger partial charge on any atom is 0.707 e. The summed E-state index contributed by atoms with van der Waals surface area (Å²) in [5.74, 6) is 0.709. The van der Waals surface area contributed by atoms with Gasteiger partial charge in [-0.15, -0.1) is 0 Å². The summed E-state index contributed by atoms with van der Waals surface area (Å²) in [6, 6.07) is 0. The molecule has 88 valence electrons. The van der Waals surface area contributed by atoms with Crippen LogP contribution in [0.5, 0.6) is 0 Å². The van der Waals surface area contributed by atoms with Crippen LogP contribution in [0.1, 0.15) is 32.6 Å². The van der Waals surface area contributed by atoms with Crippen molar-refractivity contribution in [3.8, 4) is 0 Å². The van der Waals surface area contributed by atoms with E-state index >= 15 is 0 Å². The van der Waals surface area contributed by atoms with Crippen molar-refractivity contribution >= 4 is 7.32 Å². The molecular formula is C9H19BO5. The lowest BCUT2D eigenvalue weighted by Gasteiger charge is -2.13. The van der Waals surface area contributed by atoms with Gasteiger partial charge in [0.05, 0.1) is 18.5 Å². The second-order valence-electron chi connectivity index (χ2n) is 3.39. The van der Waals surface area contributed by atoms with Gasteiger partial charge in [-0.3, -0.25) is 0 Å². The Balaban J connectivity index is 0.000000336. The highest BCUT2D eigenvalue weighted by Crippen LogP contribution is 2.17. The zero-order chi connectivity index (χ0) is 11.7. The van der Waals surface area contributed by atoms with Gasteiger partial charge in [0.25, 0.3) is 0 Å². The van der Waals surface area contributed by atoms with E-state index in [-0.39, 0.29) is 6.61 Å². The first-order valence-corrected chi connectivity index (χ1v) is 5.07. The molecule has 0 aromatic carbocycles. The standard InChI is InChI=1S/C6H11BO3.C3H8O2/c8-7(9)10-6-4-2-1-3-5-6;1-3(5)2-4/h4,8-9H,1-3,5H2;3-5H,2H2,1H3. The minimum Gasteiger partial charge on any atom is -0.516 e. The number of allylic oxidation sites excluding steroid dienone is 2. The minimum atomic E-state index is -1.65. The normalized spacial score (nSPS) is 17.0. The average molecular weight is 218 g/mol. The van der Waals surface area contributed by atoms with Crippen molar-refractivity contribution < 1.29 is 24.9 Å². The third-order valence-corrected chi connectivity index (χ3v) is 1.77. The molecule has 5 nitrogen and oxygen atoms in total. The molecule has 6 heteroatoms. The molecule has 0 radical (unpaired) electrons. The molecule has 0 saturated heterocycles. The summed E-state index contributed by atoms with van der Waals surface area (Å²) in [6.45, 7) is 1.39. The summed E-state index contributed by atoms with van der Waals surface area (Å²) in [5, 5.41) is 32.8. The maximum atomic E-state index is 8.40. The van der Waals surface area contributed by atoms with Gasteiger partial charge in [0.15, 0.2) is 0 Å². The zero-order valence-electron chi connectivity index (χ0n) is 8.96. The zero-order valence-corrected chi connectivity index (χ0v) is 8.96. The van der Waals surface area contributed by atoms with Gasteiger partial charge in [-0.1, -0.05) is 0 Å². The Labute approximate surface area is 90.2 Å². The molecule has 0 bridgehead atoms. The Bertz CT molecular complexity index is 181. The van der Waals surface area contributed by atoms with Crippen molar-refractivity contribution in [2.75, 3.05) is 6.61 Å². The summed E-state index contributed by atoms with van der Waals surface area (Å²) in [6.07, 6.45) is 5.42. The molecule has 0 aromatic rings. The second kappa shape index (κ2) is 8.73. The number of rotatable bonds is 3. The molecule has 0 aliphatic heterocycles. The Kier molecular flexibility index (Phi) is 8.41. The minimum absolute atomic E-state index is 0.139. The van der Waals surface area contributed by atoms with E-state index in [1.54, 1.807) is 0 Å². The van der Waals surface area contributed by atoms with Gasteiger partial charge < -0.3 is 24.9 Å². The lowest BCUT2D eigenvalue weighted by atomic mass is 10.1. The Morgan fingerprint density at radius 3 is 2.40 bits per heavy atom. The number of hydrogen-bond donors (Lipinski definition) is 4. The SMILES string of the molecule is CC(O)CO.OB(O)OC1=CCCCC1. The molecule has 0 aromatic heterocycles. The van der Waals surface area contributed by atoms with Gasteiger partial charge in [-0.05, 0) is 32.3 Å². The third-order valence-electron chi connectivity index (χ3n) is 1.77. The van der Waals surface area contributed by atoms with Gasteiger partial charge in [-0.25, -0.2) is 0 Å². The molecule has 1 rings (SSSR count). The molecule has 1 unspecified atom stereocenters. The second-order valence-corrected chi connectivity index (χ2v) is 3.39. The largest absolute Gasteiger partial charge is 0.707 e. The van der Waals surface area contributed by atoms with Crippen molar-refractivity contribution in [1.29, 1.82) is 0 Å². The third kappa shape index (κ3) is 9.74. The first-order valence-electron chi connectivity index (χ1n) is 5.07. The van der Waals surface area contributed by atoms with Crippen molar-refractivity contribution in [3.05, 3.63) is 11.8 Å². The van der Waals surface area contributed by atoms with Gasteiger partial charge in [0.2, 0.25) is 0 Å². The number of aliphatic hydroxyl groups excluding tert-OH is 2. The lowest BCUT2D eigenvalue weighted by molar-refractivity contribution is 0.110. The van der Waals surface area contributed by atoms with E-state index in [9.17, 15) is 0 Å². The molecule has 1 atom stereocenters. The Hall–Kier alpha value is -0.555. The maximum absolute atomic E-state index is 8.40. The monoisotopic (exact) mass is 218 g/mol. The fraction of sp³-hybridized carbons (Fsp3) is 0.778. The summed E-state index contributed by atoms with van der Waals surface area (Å²) < 4.78 is 4.66. The fourth-order valence-electron chi connectivity index (χ4n) is 1.05. The number of hydrogen-bond acceptors (Lipinski definition) is 5. The van der Waals surface area contributed by atoms with Crippen molar-refractivity contribution in [2.45, 2.75) is 38.7 Å².